The predicted octanol–water partition coefficient (Wildman–Crippen LogP) is 1.60. The minimum atomic E-state index is -0.0981. The SMILES string of the molecule is CCNC1CCCC(Sc2n[nH]c(=O)n2CC)C1. The van der Waals surface area contributed by atoms with E-state index in [9.17, 15) is 4.79 Å². The van der Waals surface area contributed by atoms with Crippen molar-refractivity contribution in [3.05, 3.63) is 10.5 Å². The van der Waals surface area contributed by atoms with Gasteiger partial charge in [-0.2, -0.15) is 0 Å². The molecule has 1 aliphatic rings. The zero-order chi connectivity index (χ0) is 13.0. The average Bonchev–Trinajstić information content (AvgIpc) is 2.71. The summed E-state index contributed by atoms with van der Waals surface area (Å²) >= 11 is 1.75. The Kier molecular flexibility index (Phi) is 4.88. The molecule has 0 amide bonds. The molecule has 1 heterocycles. The van der Waals surface area contributed by atoms with E-state index < -0.39 is 0 Å². The van der Waals surface area contributed by atoms with Crippen molar-refractivity contribution < 1.29 is 0 Å². The van der Waals surface area contributed by atoms with Crippen LogP contribution in [0.2, 0.25) is 0 Å². The summed E-state index contributed by atoms with van der Waals surface area (Å²) in [6.45, 7) is 5.84. The average molecular weight is 270 g/mol. The number of rotatable bonds is 5. The van der Waals surface area contributed by atoms with Crippen LogP contribution >= 0.6 is 11.8 Å². The van der Waals surface area contributed by atoms with Crippen LogP contribution in [0.5, 0.6) is 0 Å². The van der Waals surface area contributed by atoms with Crippen LogP contribution in [0.25, 0.3) is 0 Å². The van der Waals surface area contributed by atoms with Crippen LogP contribution < -0.4 is 11.0 Å². The van der Waals surface area contributed by atoms with E-state index >= 15 is 0 Å². The molecule has 1 aromatic heterocycles. The first-order valence-electron chi connectivity index (χ1n) is 6.79. The fourth-order valence-electron chi connectivity index (χ4n) is 2.55. The molecule has 0 bridgehead atoms. The molecule has 1 aliphatic carbocycles. The monoisotopic (exact) mass is 270 g/mol. The zero-order valence-electron chi connectivity index (χ0n) is 11.1. The van der Waals surface area contributed by atoms with Crippen LogP contribution in [0.1, 0.15) is 39.5 Å². The molecule has 5 nitrogen and oxygen atoms in total. The van der Waals surface area contributed by atoms with Crippen molar-refractivity contribution >= 4 is 11.8 Å². The maximum atomic E-state index is 11.5. The smallest absolute Gasteiger partial charge is 0.314 e. The van der Waals surface area contributed by atoms with Crippen molar-refractivity contribution in [1.29, 1.82) is 0 Å². The number of aromatic amines is 1. The van der Waals surface area contributed by atoms with Gasteiger partial charge in [0.1, 0.15) is 0 Å². The Labute approximate surface area is 112 Å². The van der Waals surface area contributed by atoms with Crippen molar-refractivity contribution in [2.24, 2.45) is 0 Å². The van der Waals surface area contributed by atoms with Crippen molar-refractivity contribution in [2.45, 2.75) is 62.5 Å². The van der Waals surface area contributed by atoms with Gasteiger partial charge in [0.15, 0.2) is 5.16 Å². The van der Waals surface area contributed by atoms with Crippen molar-refractivity contribution in [1.82, 2.24) is 20.1 Å². The molecule has 6 heteroatoms. The molecule has 0 aromatic carbocycles. The van der Waals surface area contributed by atoms with E-state index in [1.165, 1.54) is 25.7 Å². The lowest BCUT2D eigenvalue weighted by Gasteiger charge is -2.28. The Morgan fingerprint density at radius 3 is 3.06 bits per heavy atom. The molecule has 2 rings (SSSR count). The van der Waals surface area contributed by atoms with Gasteiger partial charge in [0.2, 0.25) is 0 Å². The Bertz CT molecular complexity index is 426. The van der Waals surface area contributed by atoms with Crippen molar-refractivity contribution in [2.75, 3.05) is 6.54 Å². The van der Waals surface area contributed by atoms with Gasteiger partial charge >= 0.3 is 5.69 Å². The highest BCUT2D eigenvalue weighted by molar-refractivity contribution is 7.99. The van der Waals surface area contributed by atoms with Gasteiger partial charge in [0.05, 0.1) is 0 Å². The molecule has 0 aliphatic heterocycles. The third-order valence-corrected chi connectivity index (χ3v) is 4.71. The molecule has 18 heavy (non-hydrogen) atoms. The van der Waals surface area contributed by atoms with Gasteiger partial charge in [-0.1, -0.05) is 25.1 Å². The number of nitrogens with one attached hydrogen (secondary N) is 2. The second-order valence-electron chi connectivity index (χ2n) is 4.72. The molecular formula is C12H22N4OS. The molecule has 2 N–H and O–H groups in total. The van der Waals surface area contributed by atoms with Crippen LogP contribution in [0.3, 0.4) is 0 Å². The summed E-state index contributed by atoms with van der Waals surface area (Å²) in [4.78, 5) is 11.5. The fraction of sp³-hybridized carbons (Fsp3) is 0.833. The van der Waals surface area contributed by atoms with Crippen LogP contribution in [0.4, 0.5) is 0 Å². The molecule has 102 valence electrons. The van der Waals surface area contributed by atoms with Gasteiger partial charge in [-0.15, -0.1) is 5.10 Å². The van der Waals surface area contributed by atoms with E-state index in [1.54, 1.807) is 16.3 Å². The summed E-state index contributed by atoms with van der Waals surface area (Å²) < 4.78 is 1.71. The largest absolute Gasteiger partial charge is 0.343 e. The Balaban J connectivity index is 1.98. The minimum absolute atomic E-state index is 0.0981. The highest BCUT2D eigenvalue weighted by Gasteiger charge is 2.23. The van der Waals surface area contributed by atoms with E-state index in [0.29, 0.717) is 17.8 Å². The fourth-order valence-corrected chi connectivity index (χ4v) is 3.90. The minimum Gasteiger partial charge on any atom is -0.314 e. The summed E-state index contributed by atoms with van der Waals surface area (Å²) in [5, 5.41) is 11.6. The number of hydrogen-bond acceptors (Lipinski definition) is 4. The highest BCUT2D eigenvalue weighted by atomic mass is 32.2. The highest BCUT2D eigenvalue weighted by Crippen LogP contribution is 2.32. The number of H-pyrrole nitrogens is 1. The van der Waals surface area contributed by atoms with Gasteiger partial charge in [-0.25, -0.2) is 9.89 Å². The molecule has 0 spiro atoms. The zero-order valence-corrected chi connectivity index (χ0v) is 11.9. The molecule has 1 aromatic rings. The molecular weight excluding hydrogens is 248 g/mol. The van der Waals surface area contributed by atoms with Crippen LogP contribution in [-0.2, 0) is 6.54 Å². The standard InChI is InChI=1S/C12H22N4OS/c1-3-13-9-6-5-7-10(8-9)18-12-15-14-11(17)16(12)4-2/h9-10,13H,3-8H2,1-2H3,(H,14,17). The number of thioether (sulfide) groups is 1. The number of nitrogens with zero attached hydrogens (tertiary/aromatic N) is 2. The summed E-state index contributed by atoms with van der Waals surface area (Å²) in [6, 6.07) is 0.627. The quantitative estimate of drug-likeness (QED) is 0.853. The van der Waals surface area contributed by atoms with Gasteiger partial charge in [-0.3, -0.25) is 4.57 Å². The van der Waals surface area contributed by atoms with Gasteiger partial charge in [0.25, 0.3) is 0 Å². The van der Waals surface area contributed by atoms with Crippen LogP contribution in [-0.4, -0.2) is 32.6 Å². The molecule has 1 fully saturated rings. The number of aromatic nitrogens is 3. The van der Waals surface area contributed by atoms with Crippen molar-refractivity contribution in [3.63, 3.8) is 0 Å². The lowest BCUT2D eigenvalue weighted by Crippen LogP contribution is -2.35. The molecule has 1 saturated carbocycles. The summed E-state index contributed by atoms with van der Waals surface area (Å²) in [6.07, 6.45) is 4.92. The Morgan fingerprint density at radius 1 is 1.50 bits per heavy atom. The molecule has 2 atom stereocenters. The Morgan fingerprint density at radius 2 is 2.33 bits per heavy atom. The topological polar surface area (TPSA) is 62.7 Å². The van der Waals surface area contributed by atoms with E-state index in [0.717, 1.165) is 11.7 Å². The summed E-state index contributed by atoms with van der Waals surface area (Å²) in [7, 11) is 0. The first-order chi connectivity index (χ1) is 8.74. The summed E-state index contributed by atoms with van der Waals surface area (Å²) in [5.41, 5.74) is -0.0981. The normalized spacial score (nSPS) is 24.3. The second kappa shape index (κ2) is 6.43. The van der Waals surface area contributed by atoms with Gasteiger partial charge < -0.3 is 5.32 Å². The number of hydrogen-bond donors (Lipinski definition) is 2. The first kappa shape index (κ1) is 13.7. The maximum Gasteiger partial charge on any atom is 0.343 e. The van der Waals surface area contributed by atoms with Crippen LogP contribution in [0.15, 0.2) is 9.95 Å². The third-order valence-electron chi connectivity index (χ3n) is 3.43. The van der Waals surface area contributed by atoms with E-state index in [4.69, 9.17) is 0 Å². The summed E-state index contributed by atoms with van der Waals surface area (Å²) in [5.74, 6) is 0. The van der Waals surface area contributed by atoms with Crippen LogP contribution in [0, 0.1) is 0 Å². The Hall–Kier alpha value is -0.750. The molecule has 0 radical (unpaired) electrons. The lowest BCUT2D eigenvalue weighted by atomic mass is 9.95. The molecule has 0 saturated heterocycles. The lowest BCUT2D eigenvalue weighted by molar-refractivity contribution is 0.387. The maximum absolute atomic E-state index is 11.5. The van der Waals surface area contributed by atoms with E-state index in [2.05, 4.69) is 22.4 Å². The first-order valence-corrected chi connectivity index (χ1v) is 7.67. The van der Waals surface area contributed by atoms with E-state index in [-0.39, 0.29) is 5.69 Å². The van der Waals surface area contributed by atoms with Crippen molar-refractivity contribution in [3.8, 4) is 0 Å². The predicted molar refractivity (Wildman–Crippen MR) is 74.1 cm³/mol. The van der Waals surface area contributed by atoms with Gasteiger partial charge in [-0.05, 0) is 32.7 Å². The second-order valence-corrected chi connectivity index (χ2v) is 5.98. The van der Waals surface area contributed by atoms with E-state index in [1.807, 2.05) is 6.92 Å². The van der Waals surface area contributed by atoms with Gasteiger partial charge in [0, 0.05) is 17.8 Å². The molecule has 2 unspecified atom stereocenters. The third kappa shape index (κ3) is 3.17.